The molecule has 1 aromatic carbocycles. The monoisotopic (exact) mass is 311 g/mol. The van der Waals surface area contributed by atoms with E-state index in [9.17, 15) is 5.11 Å². The molecule has 0 spiro atoms. The maximum absolute atomic E-state index is 9.64. The molecule has 1 unspecified atom stereocenters. The van der Waals surface area contributed by atoms with Crippen LogP contribution >= 0.6 is 27.3 Å². The fourth-order valence-corrected chi connectivity index (χ4v) is 3.35. The Morgan fingerprint density at radius 2 is 2.06 bits per heavy atom. The van der Waals surface area contributed by atoms with Crippen LogP contribution in [0.1, 0.15) is 29.2 Å². The van der Waals surface area contributed by atoms with Gasteiger partial charge in [0.25, 0.3) is 0 Å². The Kier molecular flexibility index (Phi) is 3.66. The van der Waals surface area contributed by atoms with Crippen LogP contribution in [0.4, 0.5) is 0 Å². The van der Waals surface area contributed by atoms with Gasteiger partial charge in [-0.25, -0.2) is 4.98 Å². The van der Waals surface area contributed by atoms with E-state index in [4.69, 9.17) is 0 Å². The number of hydrogen-bond donors (Lipinski definition) is 1. The molecule has 1 aromatic heterocycles. The summed E-state index contributed by atoms with van der Waals surface area (Å²) < 4.78 is 1.07. The van der Waals surface area contributed by atoms with E-state index >= 15 is 0 Å². The minimum atomic E-state index is -0.447. The standard InChI is InChI=1S/C13H14BrNOS/c1-7-6-10(14)4-5-11(7)13-15-8(2)12(17-13)9(3)16/h4-6,9,16H,1-3H3. The van der Waals surface area contributed by atoms with E-state index in [0.717, 1.165) is 25.6 Å². The van der Waals surface area contributed by atoms with Crippen molar-refractivity contribution in [2.75, 3.05) is 0 Å². The maximum atomic E-state index is 9.64. The highest BCUT2D eigenvalue weighted by Gasteiger charge is 2.14. The second-order valence-corrected chi connectivity index (χ2v) is 6.05. The van der Waals surface area contributed by atoms with Crippen LogP contribution in [0.5, 0.6) is 0 Å². The summed E-state index contributed by atoms with van der Waals surface area (Å²) in [6.07, 6.45) is -0.447. The van der Waals surface area contributed by atoms with Gasteiger partial charge in [-0.15, -0.1) is 11.3 Å². The molecule has 1 heterocycles. The Morgan fingerprint density at radius 1 is 1.35 bits per heavy atom. The normalized spacial score (nSPS) is 12.8. The minimum Gasteiger partial charge on any atom is -0.388 e. The lowest BCUT2D eigenvalue weighted by Gasteiger charge is -2.02. The number of aliphatic hydroxyl groups excluding tert-OH is 1. The van der Waals surface area contributed by atoms with Crippen molar-refractivity contribution < 1.29 is 5.11 Å². The molecular formula is C13H14BrNOS. The Labute approximate surface area is 113 Å². The minimum absolute atomic E-state index is 0.447. The van der Waals surface area contributed by atoms with Crippen molar-refractivity contribution in [1.29, 1.82) is 0 Å². The average Bonchev–Trinajstić information content (AvgIpc) is 2.60. The number of nitrogens with zero attached hydrogens (tertiary/aromatic N) is 1. The lowest BCUT2D eigenvalue weighted by atomic mass is 10.1. The Bertz CT molecular complexity index is 548. The van der Waals surface area contributed by atoms with Crippen LogP contribution < -0.4 is 0 Å². The number of hydrogen-bond acceptors (Lipinski definition) is 3. The number of halogens is 1. The molecule has 0 fully saturated rings. The van der Waals surface area contributed by atoms with Crippen LogP contribution in [0.3, 0.4) is 0 Å². The molecule has 2 nitrogen and oxygen atoms in total. The molecule has 0 aliphatic carbocycles. The van der Waals surface area contributed by atoms with E-state index in [2.05, 4.69) is 40.0 Å². The maximum Gasteiger partial charge on any atom is 0.124 e. The molecule has 0 saturated carbocycles. The van der Waals surface area contributed by atoms with Crippen LogP contribution in [0.25, 0.3) is 10.6 Å². The first-order chi connectivity index (χ1) is 7.99. The van der Waals surface area contributed by atoms with E-state index in [1.165, 1.54) is 5.56 Å². The number of aromatic nitrogens is 1. The first-order valence-electron chi connectivity index (χ1n) is 5.41. The van der Waals surface area contributed by atoms with Gasteiger partial charge in [-0.3, -0.25) is 0 Å². The first kappa shape index (κ1) is 12.7. The predicted octanol–water partition coefficient (Wildman–Crippen LogP) is 4.24. The Balaban J connectivity index is 2.50. The zero-order valence-electron chi connectivity index (χ0n) is 9.99. The second-order valence-electron chi connectivity index (χ2n) is 4.10. The van der Waals surface area contributed by atoms with Crippen LogP contribution in [0.15, 0.2) is 22.7 Å². The molecule has 0 aliphatic rings. The third-order valence-corrected chi connectivity index (χ3v) is 4.49. The zero-order chi connectivity index (χ0) is 12.6. The number of aryl methyl sites for hydroxylation is 2. The van der Waals surface area contributed by atoms with Crippen molar-refractivity contribution in [3.05, 3.63) is 38.8 Å². The molecule has 17 heavy (non-hydrogen) atoms. The van der Waals surface area contributed by atoms with Gasteiger partial charge in [0.2, 0.25) is 0 Å². The van der Waals surface area contributed by atoms with Crippen molar-refractivity contribution in [2.45, 2.75) is 26.9 Å². The van der Waals surface area contributed by atoms with Gasteiger partial charge in [0, 0.05) is 10.0 Å². The van der Waals surface area contributed by atoms with Gasteiger partial charge >= 0.3 is 0 Å². The fourth-order valence-electron chi connectivity index (χ4n) is 1.78. The average molecular weight is 312 g/mol. The lowest BCUT2D eigenvalue weighted by Crippen LogP contribution is -1.88. The smallest absolute Gasteiger partial charge is 0.124 e. The van der Waals surface area contributed by atoms with E-state index < -0.39 is 6.10 Å². The summed E-state index contributed by atoms with van der Waals surface area (Å²) in [5.74, 6) is 0. The molecule has 1 N–H and O–H groups in total. The third kappa shape index (κ3) is 2.59. The Morgan fingerprint density at radius 3 is 2.59 bits per heavy atom. The van der Waals surface area contributed by atoms with Gasteiger partial charge in [0.1, 0.15) is 5.01 Å². The van der Waals surface area contributed by atoms with E-state index in [0.29, 0.717) is 0 Å². The first-order valence-corrected chi connectivity index (χ1v) is 7.02. The molecule has 2 aromatic rings. The number of benzene rings is 1. The van der Waals surface area contributed by atoms with Crippen molar-refractivity contribution >= 4 is 27.3 Å². The van der Waals surface area contributed by atoms with E-state index in [-0.39, 0.29) is 0 Å². The summed E-state index contributed by atoms with van der Waals surface area (Å²) in [5, 5.41) is 10.6. The van der Waals surface area contributed by atoms with Crippen molar-refractivity contribution in [2.24, 2.45) is 0 Å². The Hall–Kier alpha value is -0.710. The summed E-state index contributed by atoms with van der Waals surface area (Å²) in [5.41, 5.74) is 3.24. The predicted molar refractivity (Wildman–Crippen MR) is 75.4 cm³/mol. The van der Waals surface area contributed by atoms with Crippen molar-refractivity contribution in [3.8, 4) is 10.6 Å². The number of rotatable bonds is 2. The van der Waals surface area contributed by atoms with Crippen LogP contribution in [0, 0.1) is 13.8 Å². The summed E-state index contributed by atoms with van der Waals surface area (Å²) in [6, 6.07) is 6.15. The summed E-state index contributed by atoms with van der Waals surface area (Å²) in [6.45, 7) is 5.79. The van der Waals surface area contributed by atoms with Gasteiger partial charge in [-0.1, -0.05) is 22.0 Å². The largest absolute Gasteiger partial charge is 0.388 e. The van der Waals surface area contributed by atoms with E-state index in [1.54, 1.807) is 18.3 Å². The van der Waals surface area contributed by atoms with Gasteiger partial charge < -0.3 is 5.11 Å². The molecule has 0 bridgehead atoms. The SMILES string of the molecule is Cc1cc(Br)ccc1-c1nc(C)c(C(C)O)s1. The van der Waals surface area contributed by atoms with Crippen LogP contribution in [0.2, 0.25) is 0 Å². The van der Waals surface area contributed by atoms with E-state index in [1.807, 2.05) is 13.0 Å². The van der Waals surface area contributed by atoms with Crippen molar-refractivity contribution in [1.82, 2.24) is 4.98 Å². The molecule has 0 aliphatic heterocycles. The second kappa shape index (κ2) is 4.88. The molecule has 4 heteroatoms. The lowest BCUT2D eigenvalue weighted by molar-refractivity contribution is 0.202. The molecule has 1 atom stereocenters. The molecule has 0 radical (unpaired) electrons. The van der Waals surface area contributed by atoms with Gasteiger partial charge in [0.15, 0.2) is 0 Å². The number of aliphatic hydroxyl groups is 1. The molecule has 0 amide bonds. The quantitative estimate of drug-likeness (QED) is 0.899. The molecule has 2 rings (SSSR count). The third-order valence-electron chi connectivity index (χ3n) is 2.63. The number of thiazole rings is 1. The van der Waals surface area contributed by atoms with Gasteiger partial charge in [-0.2, -0.15) is 0 Å². The van der Waals surface area contributed by atoms with Gasteiger partial charge in [0.05, 0.1) is 16.7 Å². The highest BCUT2D eigenvalue weighted by atomic mass is 79.9. The highest BCUT2D eigenvalue weighted by molar-refractivity contribution is 9.10. The van der Waals surface area contributed by atoms with Crippen LogP contribution in [-0.4, -0.2) is 10.1 Å². The molecular weight excluding hydrogens is 298 g/mol. The fraction of sp³-hybridized carbons (Fsp3) is 0.308. The van der Waals surface area contributed by atoms with Gasteiger partial charge in [-0.05, 0) is 38.5 Å². The molecule has 0 saturated heterocycles. The molecule has 90 valence electrons. The summed E-state index contributed by atoms with van der Waals surface area (Å²) in [7, 11) is 0. The highest BCUT2D eigenvalue weighted by Crippen LogP contribution is 2.34. The zero-order valence-corrected chi connectivity index (χ0v) is 12.4. The summed E-state index contributed by atoms with van der Waals surface area (Å²) >= 11 is 5.02. The topological polar surface area (TPSA) is 33.1 Å². The van der Waals surface area contributed by atoms with Crippen molar-refractivity contribution in [3.63, 3.8) is 0 Å². The van der Waals surface area contributed by atoms with Crippen LogP contribution in [-0.2, 0) is 0 Å². The summed E-state index contributed by atoms with van der Waals surface area (Å²) in [4.78, 5) is 5.48.